The van der Waals surface area contributed by atoms with Gasteiger partial charge in [0.2, 0.25) is 0 Å². The quantitative estimate of drug-likeness (QED) is 0.624. The van der Waals surface area contributed by atoms with Crippen molar-refractivity contribution in [3.63, 3.8) is 0 Å². The van der Waals surface area contributed by atoms with Crippen LogP contribution in [0.25, 0.3) is 6.08 Å². The maximum absolute atomic E-state index is 10.7. The topological polar surface area (TPSA) is 66.8 Å². The molecular formula is C19H24O4. The summed E-state index contributed by atoms with van der Waals surface area (Å²) < 4.78 is 6.07. The highest BCUT2D eigenvalue weighted by atomic mass is 16.5. The Morgan fingerprint density at radius 3 is 2.78 bits per heavy atom. The van der Waals surface area contributed by atoms with E-state index in [4.69, 9.17) is 9.84 Å². The van der Waals surface area contributed by atoms with Gasteiger partial charge in [0.05, 0.1) is 0 Å². The van der Waals surface area contributed by atoms with E-state index in [2.05, 4.69) is 6.08 Å². The summed E-state index contributed by atoms with van der Waals surface area (Å²) in [6.07, 6.45) is 6.35. The second kappa shape index (κ2) is 7.47. The first-order chi connectivity index (χ1) is 10.9. The van der Waals surface area contributed by atoms with E-state index in [1.165, 1.54) is 5.57 Å². The van der Waals surface area contributed by atoms with Crippen LogP contribution >= 0.6 is 0 Å². The summed E-state index contributed by atoms with van der Waals surface area (Å²) in [5.74, 6) is -0.00336. The third-order valence-electron chi connectivity index (χ3n) is 4.03. The number of benzene rings is 1. The maximum Gasteiger partial charge on any atom is 0.328 e. The Morgan fingerprint density at radius 1 is 1.43 bits per heavy atom. The molecule has 1 aromatic rings. The minimum absolute atomic E-state index is 0.0286. The monoisotopic (exact) mass is 316 g/mol. The third kappa shape index (κ3) is 4.45. The number of aliphatic carboxylic acids is 1. The Labute approximate surface area is 137 Å². The number of carboxylic acid groups (broad SMARTS) is 1. The van der Waals surface area contributed by atoms with Crippen molar-refractivity contribution < 1.29 is 19.7 Å². The number of fused-ring (bicyclic) bond motifs is 1. The molecule has 0 saturated carbocycles. The van der Waals surface area contributed by atoms with E-state index in [1.807, 2.05) is 32.9 Å². The molecule has 2 atom stereocenters. The Hall–Kier alpha value is -2.07. The number of carbonyl (C=O) groups is 1. The summed E-state index contributed by atoms with van der Waals surface area (Å²) >= 11 is 0. The molecule has 2 N–H and O–H groups in total. The fourth-order valence-electron chi connectivity index (χ4n) is 2.66. The summed E-state index contributed by atoms with van der Waals surface area (Å²) in [6.45, 7) is 6.16. The van der Waals surface area contributed by atoms with Crippen molar-refractivity contribution >= 4 is 12.0 Å². The first kappa shape index (κ1) is 17.3. The van der Waals surface area contributed by atoms with Crippen molar-refractivity contribution in [2.45, 2.75) is 39.7 Å². The lowest BCUT2D eigenvalue weighted by Crippen LogP contribution is -2.25. The first-order valence-corrected chi connectivity index (χ1v) is 7.88. The van der Waals surface area contributed by atoms with Gasteiger partial charge in [0.1, 0.15) is 11.9 Å². The lowest BCUT2D eigenvalue weighted by molar-refractivity contribution is -0.131. The number of hydrogen-bond donors (Lipinski definition) is 2. The van der Waals surface area contributed by atoms with Crippen LogP contribution in [0.15, 0.2) is 29.9 Å². The molecule has 4 heteroatoms. The first-order valence-electron chi connectivity index (χ1n) is 7.88. The summed E-state index contributed by atoms with van der Waals surface area (Å²) in [5.41, 5.74) is 4.23. The van der Waals surface area contributed by atoms with Gasteiger partial charge in [-0.1, -0.05) is 18.6 Å². The molecule has 124 valence electrons. The third-order valence-corrected chi connectivity index (χ3v) is 4.03. The van der Waals surface area contributed by atoms with Gasteiger partial charge >= 0.3 is 5.97 Å². The van der Waals surface area contributed by atoms with Gasteiger partial charge in [-0.2, -0.15) is 0 Å². The van der Waals surface area contributed by atoms with Crippen LogP contribution in [0.4, 0.5) is 0 Å². The molecule has 0 spiro atoms. The zero-order valence-corrected chi connectivity index (χ0v) is 13.9. The molecule has 0 aliphatic carbocycles. The molecule has 0 bridgehead atoms. The molecule has 0 saturated heterocycles. The van der Waals surface area contributed by atoms with Gasteiger partial charge in [0.15, 0.2) is 0 Å². The molecule has 0 aromatic heterocycles. The Bertz CT molecular complexity index is 639. The highest BCUT2D eigenvalue weighted by molar-refractivity contribution is 5.85. The number of hydrogen-bond acceptors (Lipinski definition) is 3. The van der Waals surface area contributed by atoms with Crippen LogP contribution in [-0.2, 0) is 17.6 Å². The second-order valence-corrected chi connectivity index (χ2v) is 6.35. The van der Waals surface area contributed by atoms with E-state index in [9.17, 15) is 9.90 Å². The van der Waals surface area contributed by atoms with Crippen LogP contribution in [0.1, 0.15) is 37.5 Å². The van der Waals surface area contributed by atoms with Crippen molar-refractivity contribution in [3.05, 3.63) is 46.5 Å². The summed E-state index contributed by atoms with van der Waals surface area (Å²) in [4.78, 5) is 10.7. The normalized spacial score (nSPS) is 17.7. The van der Waals surface area contributed by atoms with Crippen LogP contribution in [0.3, 0.4) is 0 Å². The molecule has 0 unspecified atom stereocenters. The van der Waals surface area contributed by atoms with Gasteiger partial charge in [-0.25, -0.2) is 4.79 Å². The van der Waals surface area contributed by atoms with Gasteiger partial charge in [-0.3, -0.25) is 0 Å². The minimum Gasteiger partial charge on any atom is -0.489 e. The minimum atomic E-state index is -0.959. The van der Waals surface area contributed by atoms with Crippen molar-refractivity contribution in [1.29, 1.82) is 0 Å². The maximum atomic E-state index is 10.7. The zero-order valence-electron chi connectivity index (χ0n) is 13.9. The van der Waals surface area contributed by atoms with E-state index >= 15 is 0 Å². The van der Waals surface area contributed by atoms with Gasteiger partial charge in [-0.05, 0) is 55.2 Å². The van der Waals surface area contributed by atoms with E-state index in [-0.39, 0.29) is 18.6 Å². The molecule has 1 heterocycles. The number of rotatable bonds is 6. The number of ether oxygens (including phenoxy) is 1. The zero-order chi connectivity index (χ0) is 17.0. The summed E-state index contributed by atoms with van der Waals surface area (Å²) in [6, 6.07) is 3.95. The average molecular weight is 316 g/mol. The van der Waals surface area contributed by atoms with Crippen molar-refractivity contribution in [2.75, 3.05) is 6.61 Å². The Morgan fingerprint density at radius 2 is 2.17 bits per heavy atom. The molecule has 0 fully saturated rings. The molecule has 23 heavy (non-hydrogen) atoms. The van der Waals surface area contributed by atoms with Crippen LogP contribution in [0, 0.1) is 5.92 Å². The SMILES string of the molecule is CC(C)=CCc1cc(/C=C/C(=O)O)cc2c1O[C@H]([C@H](C)CO)C2. The molecule has 0 amide bonds. The average Bonchev–Trinajstić information content (AvgIpc) is 2.93. The predicted octanol–water partition coefficient (Wildman–Crippen LogP) is 3.23. The highest BCUT2D eigenvalue weighted by Crippen LogP contribution is 2.37. The number of aliphatic hydroxyl groups is 1. The van der Waals surface area contributed by atoms with Gasteiger partial charge in [0.25, 0.3) is 0 Å². The van der Waals surface area contributed by atoms with Gasteiger partial charge in [0, 0.05) is 25.0 Å². The lowest BCUT2D eigenvalue weighted by Gasteiger charge is -2.17. The van der Waals surface area contributed by atoms with E-state index in [0.29, 0.717) is 0 Å². The number of aliphatic hydroxyl groups excluding tert-OH is 1. The van der Waals surface area contributed by atoms with Crippen molar-refractivity contribution in [3.8, 4) is 5.75 Å². The molecule has 1 aliphatic heterocycles. The van der Waals surface area contributed by atoms with Crippen molar-refractivity contribution in [1.82, 2.24) is 0 Å². The van der Waals surface area contributed by atoms with Crippen LogP contribution < -0.4 is 4.74 Å². The van der Waals surface area contributed by atoms with E-state index in [1.54, 1.807) is 6.08 Å². The number of carboxylic acids is 1. The molecular weight excluding hydrogens is 292 g/mol. The van der Waals surface area contributed by atoms with Gasteiger partial charge in [-0.15, -0.1) is 0 Å². The summed E-state index contributed by atoms with van der Waals surface area (Å²) in [5, 5.41) is 18.2. The van der Waals surface area contributed by atoms with Crippen molar-refractivity contribution in [2.24, 2.45) is 5.92 Å². The van der Waals surface area contributed by atoms with Gasteiger partial charge < -0.3 is 14.9 Å². The highest BCUT2D eigenvalue weighted by Gasteiger charge is 2.29. The standard InChI is InChI=1S/C19H24O4/c1-12(2)4-6-15-8-14(5-7-18(21)22)9-16-10-17(13(3)11-20)23-19(15)16/h4-5,7-9,13,17,20H,6,10-11H2,1-3H3,(H,21,22)/b7-5+/t13-,17+/m1/s1. The predicted molar refractivity (Wildman–Crippen MR) is 90.6 cm³/mol. The summed E-state index contributed by atoms with van der Waals surface area (Å²) in [7, 11) is 0. The van der Waals surface area contributed by atoms with Crippen LogP contribution in [-0.4, -0.2) is 28.9 Å². The molecule has 0 radical (unpaired) electrons. The Kier molecular flexibility index (Phi) is 5.61. The van der Waals surface area contributed by atoms with Crippen LogP contribution in [0.5, 0.6) is 5.75 Å². The fourth-order valence-corrected chi connectivity index (χ4v) is 2.66. The number of allylic oxidation sites excluding steroid dienone is 2. The molecule has 1 aliphatic rings. The largest absolute Gasteiger partial charge is 0.489 e. The smallest absolute Gasteiger partial charge is 0.328 e. The van der Waals surface area contributed by atoms with Crippen LogP contribution in [0.2, 0.25) is 0 Å². The lowest BCUT2D eigenvalue weighted by atomic mass is 9.96. The molecule has 1 aromatic carbocycles. The van der Waals surface area contributed by atoms with E-state index in [0.717, 1.165) is 41.4 Å². The Balaban J connectivity index is 2.36. The second-order valence-electron chi connectivity index (χ2n) is 6.35. The molecule has 4 nitrogen and oxygen atoms in total. The fraction of sp³-hybridized carbons (Fsp3) is 0.421. The van der Waals surface area contributed by atoms with E-state index < -0.39 is 5.97 Å². The molecule has 2 rings (SSSR count).